The lowest BCUT2D eigenvalue weighted by Gasteiger charge is -2.30. The molecule has 21 heavy (non-hydrogen) atoms. The fourth-order valence-corrected chi connectivity index (χ4v) is 2.67. The number of piperidine rings is 1. The molecule has 116 valence electrons. The molecule has 1 atom stereocenters. The van der Waals surface area contributed by atoms with Crippen LogP contribution in [0.15, 0.2) is 24.3 Å². The summed E-state index contributed by atoms with van der Waals surface area (Å²) in [4.78, 5) is 19.2. The normalized spacial score (nSPS) is 18.1. The molecule has 1 aliphatic heterocycles. The highest BCUT2D eigenvalue weighted by Crippen LogP contribution is 2.28. The van der Waals surface area contributed by atoms with E-state index < -0.39 is 5.60 Å². The van der Waals surface area contributed by atoms with Gasteiger partial charge >= 0.3 is 0 Å². The number of nitrogens with zero attached hydrogens (tertiary/aromatic N) is 1. The quantitative estimate of drug-likeness (QED) is 0.845. The summed E-state index contributed by atoms with van der Waals surface area (Å²) in [5.74, 6) is -0.321. The number of benzene rings is 1. The van der Waals surface area contributed by atoms with Crippen molar-refractivity contribution in [1.29, 1.82) is 0 Å². The Hall–Kier alpha value is -1.59. The van der Waals surface area contributed by atoms with Gasteiger partial charge in [0.2, 0.25) is 0 Å². The van der Waals surface area contributed by atoms with Crippen LogP contribution in [0.1, 0.15) is 31.7 Å². The van der Waals surface area contributed by atoms with Gasteiger partial charge in [-0.2, -0.15) is 0 Å². The minimum atomic E-state index is -1.06. The minimum Gasteiger partial charge on any atom is -0.372 e. The lowest BCUT2D eigenvalue weighted by molar-refractivity contribution is -0.153. The van der Waals surface area contributed by atoms with Crippen LogP contribution in [0.2, 0.25) is 0 Å². The molecule has 1 heterocycles. The number of methoxy groups -OCH3 is 1. The van der Waals surface area contributed by atoms with E-state index in [1.807, 2.05) is 12.1 Å². The summed E-state index contributed by atoms with van der Waals surface area (Å²) >= 11 is 0. The van der Waals surface area contributed by atoms with E-state index in [1.54, 1.807) is 6.92 Å². The summed E-state index contributed by atoms with van der Waals surface area (Å²) < 4.78 is 5.42. The maximum atomic E-state index is 12.1. The zero-order valence-electron chi connectivity index (χ0n) is 13.0. The first kappa shape index (κ1) is 15.8. The number of hydroxylamine groups is 1. The first-order valence-corrected chi connectivity index (χ1v) is 7.36. The molecule has 1 amide bonds. The summed E-state index contributed by atoms with van der Waals surface area (Å²) in [5, 5.41) is 0. The Morgan fingerprint density at radius 2 is 1.76 bits per heavy atom. The van der Waals surface area contributed by atoms with Crippen molar-refractivity contribution in [2.45, 2.75) is 31.8 Å². The van der Waals surface area contributed by atoms with Gasteiger partial charge < -0.3 is 9.64 Å². The summed E-state index contributed by atoms with van der Waals surface area (Å²) in [6.07, 6.45) is 3.80. The fraction of sp³-hybridized carbons (Fsp3) is 0.562. The van der Waals surface area contributed by atoms with Crippen molar-refractivity contribution in [3.63, 3.8) is 0 Å². The third-order valence-corrected chi connectivity index (χ3v) is 4.18. The van der Waals surface area contributed by atoms with E-state index in [0.29, 0.717) is 0 Å². The van der Waals surface area contributed by atoms with Crippen LogP contribution in [0.25, 0.3) is 0 Å². The summed E-state index contributed by atoms with van der Waals surface area (Å²) in [7, 11) is 2.93. The van der Waals surface area contributed by atoms with Gasteiger partial charge in [-0.15, -0.1) is 0 Å². The Kier molecular flexibility index (Phi) is 5.20. The highest BCUT2D eigenvalue weighted by molar-refractivity contribution is 5.85. The fourth-order valence-electron chi connectivity index (χ4n) is 2.67. The van der Waals surface area contributed by atoms with Gasteiger partial charge in [-0.1, -0.05) is 12.1 Å². The molecular weight excluding hydrogens is 268 g/mol. The Balaban J connectivity index is 2.17. The smallest absolute Gasteiger partial charge is 0.280 e. The summed E-state index contributed by atoms with van der Waals surface area (Å²) in [5.41, 5.74) is 3.28. The predicted molar refractivity (Wildman–Crippen MR) is 82.0 cm³/mol. The zero-order valence-corrected chi connectivity index (χ0v) is 13.0. The number of carbonyl (C=O) groups excluding carboxylic acids is 1. The number of rotatable bonds is 5. The molecule has 1 saturated heterocycles. The van der Waals surface area contributed by atoms with Crippen LogP contribution in [0.4, 0.5) is 5.69 Å². The number of carbonyl (C=O) groups is 1. The highest BCUT2D eigenvalue weighted by Gasteiger charge is 2.35. The average Bonchev–Trinajstić information content (AvgIpc) is 2.55. The maximum Gasteiger partial charge on any atom is 0.280 e. The van der Waals surface area contributed by atoms with E-state index in [4.69, 9.17) is 9.57 Å². The molecule has 1 aromatic rings. The third kappa shape index (κ3) is 3.36. The molecular formula is C16H24N2O3. The maximum absolute atomic E-state index is 12.1. The van der Waals surface area contributed by atoms with E-state index in [-0.39, 0.29) is 5.91 Å². The van der Waals surface area contributed by atoms with Crippen molar-refractivity contribution in [1.82, 2.24) is 5.48 Å². The van der Waals surface area contributed by atoms with Gasteiger partial charge in [-0.05, 0) is 43.9 Å². The number of nitrogens with one attached hydrogen (secondary N) is 1. The van der Waals surface area contributed by atoms with Crippen LogP contribution in [-0.2, 0) is 20.0 Å². The molecule has 1 N–H and O–H groups in total. The van der Waals surface area contributed by atoms with Gasteiger partial charge in [0.15, 0.2) is 5.60 Å². The van der Waals surface area contributed by atoms with E-state index in [9.17, 15) is 4.79 Å². The molecule has 1 fully saturated rings. The molecule has 0 aliphatic carbocycles. The molecule has 1 aromatic carbocycles. The second-order valence-electron chi connectivity index (χ2n) is 5.47. The van der Waals surface area contributed by atoms with E-state index in [2.05, 4.69) is 22.5 Å². The molecule has 0 aromatic heterocycles. The average molecular weight is 292 g/mol. The van der Waals surface area contributed by atoms with Crippen molar-refractivity contribution in [2.24, 2.45) is 0 Å². The lowest BCUT2D eigenvalue weighted by atomic mass is 9.94. The largest absolute Gasteiger partial charge is 0.372 e. The van der Waals surface area contributed by atoms with Gasteiger partial charge in [0, 0.05) is 25.9 Å². The number of ether oxygens (including phenoxy) is 1. The Morgan fingerprint density at radius 1 is 1.14 bits per heavy atom. The molecule has 2 rings (SSSR count). The van der Waals surface area contributed by atoms with Crippen LogP contribution in [0, 0.1) is 0 Å². The minimum absolute atomic E-state index is 0.321. The first-order chi connectivity index (χ1) is 10.1. The number of amides is 1. The van der Waals surface area contributed by atoms with Crippen LogP contribution < -0.4 is 10.4 Å². The Bertz CT molecular complexity index is 469. The number of hydrogen-bond acceptors (Lipinski definition) is 4. The molecule has 0 saturated carbocycles. The van der Waals surface area contributed by atoms with E-state index in [1.165, 1.54) is 39.2 Å². The monoisotopic (exact) mass is 292 g/mol. The number of anilines is 1. The van der Waals surface area contributed by atoms with Crippen LogP contribution >= 0.6 is 0 Å². The topological polar surface area (TPSA) is 50.8 Å². The van der Waals surface area contributed by atoms with Crippen molar-refractivity contribution in [3.05, 3.63) is 29.8 Å². The molecule has 0 bridgehead atoms. The van der Waals surface area contributed by atoms with Gasteiger partial charge in [0.05, 0.1) is 7.11 Å². The van der Waals surface area contributed by atoms with Gasteiger partial charge in [0.1, 0.15) is 0 Å². The lowest BCUT2D eigenvalue weighted by Crippen LogP contribution is -2.43. The van der Waals surface area contributed by atoms with E-state index >= 15 is 0 Å². The SMILES string of the molecule is CONC(=O)C(C)(OC)c1ccc(N2CCCCC2)cc1. The summed E-state index contributed by atoms with van der Waals surface area (Å²) in [6, 6.07) is 8.00. The van der Waals surface area contributed by atoms with Crippen LogP contribution in [0.5, 0.6) is 0 Å². The zero-order chi connectivity index (χ0) is 15.3. The standard InChI is InChI=1S/C16H24N2O3/c1-16(20-2,15(19)17-21-3)13-7-9-14(10-8-13)18-11-5-4-6-12-18/h7-10H,4-6,11-12H2,1-3H3,(H,17,19). The second-order valence-corrected chi connectivity index (χ2v) is 5.47. The molecule has 1 unspecified atom stereocenters. The van der Waals surface area contributed by atoms with Crippen LogP contribution in [0.3, 0.4) is 0 Å². The van der Waals surface area contributed by atoms with Crippen molar-refractivity contribution < 1.29 is 14.4 Å². The van der Waals surface area contributed by atoms with Gasteiger partial charge in [0.25, 0.3) is 5.91 Å². The highest BCUT2D eigenvalue weighted by atomic mass is 16.6. The molecule has 5 nitrogen and oxygen atoms in total. The van der Waals surface area contributed by atoms with Crippen molar-refractivity contribution in [3.8, 4) is 0 Å². The predicted octanol–water partition coefficient (Wildman–Crippen LogP) is 2.22. The van der Waals surface area contributed by atoms with E-state index in [0.717, 1.165) is 18.7 Å². The van der Waals surface area contributed by atoms with Crippen molar-refractivity contribution in [2.75, 3.05) is 32.2 Å². The molecule has 0 radical (unpaired) electrons. The van der Waals surface area contributed by atoms with Gasteiger partial charge in [-0.3, -0.25) is 9.63 Å². The Labute approximate surface area is 126 Å². The molecule has 0 spiro atoms. The third-order valence-electron chi connectivity index (χ3n) is 4.18. The van der Waals surface area contributed by atoms with Crippen molar-refractivity contribution >= 4 is 11.6 Å². The molecule has 1 aliphatic rings. The summed E-state index contributed by atoms with van der Waals surface area (Å²) in [6.45, 7) is 3.94. The Morgan fingerprint density at radius 3 is 2.29 bits per heavy atom. The first-order valence-electron chi connectivity index (χ1n) is 7.36. The number of hydrogen-bond donors (Lipinski definition) is 1. The van der Waals surface area contributed by atoms with Gasteiger partial charge in [-0.25, -0.2) is 5.48 Å². The molecule has 5 heteroatoms. The van der Waals surface area contributed by atoms with Crippen LogP contribution in [-0.4, -0.2) is 33.2 Å². The second kappa shape index (κ2) is 6.91.